The maximum absolute atomic E-state index is 13.0. The summed E-state index contributed by atoms with van der Waals surface area (Å²) in [6, 6.07) is 8.08. The molecule has 0 atom stereocenters. The van der Waals surface area contributed by atoms with Gasteiger partial charge in [-0.1, -0.05) is 24.3 Å². The van der Waals surface area contributed by atoms with Gasteiger partial charge in [0.05, 0.1) is 12.0 Å². The van der Waals surface area contributed by atoms with Crippen molar-refractivity contribution >= 4 is 11.8 Å². The summed E-state index contributed by atoms with van der Waals surface area (Å²) in [6.45, 7) is 11.9. The monoisotopic (exact) mass is 331 g/mol. The van der Waals surface area contributed by atoms with Gasteiger partial charge in [0.2, 0.25) is 11.8 Å². The largest absolute Gasteiger partial charge is 0.355 e. The average molecular weight is 331 g/mol. The first-order chi connectivity index (χ1) is 11.4. The van der Waals surface area contributed by atoms with Crippen molar-refractivity contribution in [3.8, 4) is 0 Å². The van der Waals surface area contributed by atoms with E-state index in [1.54, 1.807) is 0 Å². The molecule has 1 heterocycles. The van der Waals surface area contributed by atoms with Gasteiger partial charge in [-0.3, -0.25) is 14.5 Å². The highest BCUT2D eigenvalue weighted by Gasteiger charge is 2.36. The fourth-order valence-electron chi connectivity index (χ4n) is 3.35. The molecule has 0 aliphatic carbocycles. The highest BCUT2D eigenvalue weighted by molar-refractivity contribution is 5.88. The maximum atomic E-state index is 13.0. The van der Waals surface area contributed by atoms with E-state index in [9.17, 15) is 9.59 Å². The smallest absolute Gasteiger partial charge is 0.234 e. The Labute approximate surface area is 145 Å². The second kappa shape index (κ2) is 7.79. The molecule has 5 heteroatoms. The van der Waals surface area contributed by atoms with Crippen molar-refractivity contribution in [3.63, 3.8) is 0 Å². The van der Waals surface area contributed by atoms with Gasteiger partial charge < -0.3 is 10.2 Å². The first-order valence-electron chi connectivity index (χ1n) is 8.70. The molecule has 0 aromatic heterocycles. The van der Waals surface area contributed by atoms with Gasteiger partial charge in [0.25, 0.3) is 0 Å². The van der Waals surface area contributed by atoms with E-state index in [1.165, 1.54) is 0 Å². The molecule has 2 rings (SSSR count). The number of aryl methyl sites for hydroxylation is 1. The highest BCUT2D eigenvalue weighted by atomic mass is 16.2. The Hall–Kier alpha value is -1.88. The van der Waals surface area contributed by atoms with E-state index in [0.717, 1.165) is 24.2 Å². The quantitative estimate of drug-likeness (QED) is 0.891. The van der Waals surface area contributed by atoms with E-state index >= 15 is 0 Å². The molecule has 1 aliphatic heterocycles. The lowest BCUT2D eigenvalue weighted by molar-refractivity contribution is -0.138. The molecule has 1 fully saturated rings. The van der Waals surface area contributed by atoms with Gasteiger partial charge in [-0.15, -0.1) is 0 Å². The van der Waals surface area contributed by atoms with Gasteiger partial charge in [-0.2, -0.15) is 0 Å². The zero-order valence-corrected chi connectivity index (χ0v) is 15.3. The minimum Gasteiger partial charge on any atom is -0.355 e. The Morgan fingerprint density at radius 1 is 1.12 bits per heavy atom. The first kappa shape index (κ1) is 18.5. The summed E-state index contributed by atoms with van der Waals surface area (Å²) in [7, 11) is 0. The Bertz CT molecular complexity index is 590. The highest BCUT2D eigenvalue weighted by Crippen LogP contribution is 2.28. The molecular formula is C19H29N3O2. The van der Waals surface area contributed by atoms with Crippen molar-refractivity contribution in [3.05, 3.63) is 35.4 Å². The van der Waals surface area contributed by atoms with E-state index in [1.807, 2.05) is 43.9 Å². The molecule has 0 unspecified atom stereocenters. The summed E-state index contributed by atoms with van der Waals surface area (Å²) < 4.78 is 0. The van der Waals surface area contributed by atoms with Crippen molar-refractivity contribution in [2.45, 2.75) is 33.1 Å². The molecule has 1 aromatic carbocycles. The third kappa shape index (κ3) is 4.15. The number of rotatable bonds is 5. The summed E-state index contributed by atoms with van der Waals surface area (Å²) >= 11 is 0. The first-order valence-corrected chi connectivity index (χ1v) is 8.70. The normalized spacial score (nSPS) is 16.1. The summed E-state index contributed by atoms with van der Waals surface area (Å²) in [6.07, 6.45) is 0. The minimum absolute atomic E-state index is 0.0533. The number of amides is 2. The number of carbonyl (C=O) groups excluding carboxylic acids is 2. The molecule has 0 saturated carbocycles. The lowest BCUT2D eigenvalue weighted by Crippen LogP contribution is -2.54. The zero-order chi connectivity index (χ0) is 17.7. The van der Waals surface area contributed by atoms with Crippen molar-refractivity contribution in [1.82, 2.24) is 15.1 Å². The summed E-state index contributed by atoms with van der Waals surface area (Å²) in [5.74, 6) is 0.215. The van der Waals surface area contributed by atoms with Gasteiger partial charge in [-0.25, -0.2) is 0 Å². The topological polar surface area (TPSA) is 52.7 Å². The lowest BCUT2D eigenvalue weighted by Gasteiger charge is -2.39. The number of nitrogens with one attached hydrogen (secondary N) is 1. The van der Waals surface area contributed by atoms with Crippen LogP contribution in [0.25, 0.3) is 0 Å². The molecule has 2 amide bonds. The van der Waals surface area contributed by atoms with Crippen LogP contribution in [0.2, 0.25) is 0 Å². The molecule has 1 aromatic rings. The number of piperazine rings is 1. The second-order valence-electron chi connectivity index (χ2n) is 6.96. The molecule has 24 heavy (non-hydrogen) atoms. The standard InChI is InChI=1S/C19H29N3O2/c1-5-20-17(23)14-21-10-12-22(13-11-21)18(24)19(3,4)16-9-7-6-8-15(16)2/h6-9H,5,10-14H2,1-4H3,(H,20,23). The third-order valence-electron chi connectivity index (χ3n) is 4.75. The van der Waals surface area contributed by atoms with Crippen LogP contribution >= 0.6 is 0 Å². The van der Waals surface area contributed by atoms with Crippen LogP contribution in [0.4, 0.5) is 0 Å². The molecule has 0 radical (unpaired) electrons. The third-order valence-corrected chi connectivity index (χ3v) is 4.75. The van der Waals surface area contributed by atoms with E-state index < -0.39 is 5.41 Å². The summed E-state index contributed by atoms with van der Waals surface area (Å²) in [5.41, 5.74) is 1.69. The number of benzene rings is 1. The summed E-state index contributed by atoms with van der Waals surface area (Å²) in [5, 5.41) is 2.82. The van der Waals surface area contributed by atoms with E-state index in [-0.39, 0.29) is 11.8 Å². The second-order valence-corrected chi connectivity index (χ2v) is 6.96. The van der Waals surface area contributed by atoms with E-state index in [2.05, 4.69) is 23.2 Å². The lowest BCUT2D eigenvalue weighted by atomic mass is 9.80. The Morgan fingerprint density at radius 3 is 2.33 bits per heavy atom. The number of nitrogens with zero attached hydrogens (tertiary/aromatic N) is 2. The molecule has 132 valence electrons. The molecule has 1 aliphatic rings. The van der Waals surface area contributed by atoms with Gasteiger partial charge in [0.15, 0.2) is 0 Å². The summed E-state index contributed by atoms with van der Waals surface area (Å²) in [4.78, 5) is 28.7. The zero-order valence-electron chi connectivity index (χ0n) is 15.3. The molecule has 1 N–H and O–H groups in total. The number of hydrogen-bond donors (Lipinski definition) is 1. The van der Waals surface area contributed by atoms with Gasteiger partial charge in [0.1, 0.15) is 0 Å². The molecule has 0 bridgehead atoms. The average Bonchev–Trinajstić information content (AvgIpc) is 2.55. The van der Waals surface area contributed by atoms with Crippen molar-refractivity contribution in [2.24, 2.45) is 0 Å². The van der Waals surface area contributed by atoms with Gasteiger partial charge >= 0.3 is 0 Å². The fraction of sp³-hybridized carbons (Fsp3) is 0.579. The van der Waals surface area contributed by atoms with Crippen LogP contribution in [0.1, 0.15) is 31.9 Å². The fourth-order valence-corrected chi connectivity index (χ4v) is 3.35. The molecule has 5 nitrogen and oxygen atoms in total. The number of likely N-dealkylation sites (N-methyl/N-ethyl adjacent to an activating group) is 1. The van der Waals surface area contributed by atoms with Crippen LogP contribution in [-0.4, -0.2) is 60.9 Å². The van der Waals surface area contributed by atoms with Crippen molar-refractivity contribution in [2.75, 3.05) is 39.3 Å². The van der Waals surface area contributed by atoms with Crippen molar-refractivity contribution < 1.29 is 9.59 Å². The van der Waals surface area contributed by atoms with Crippen LogP contribution in [0.15, 0.2) is 24.3 Å². The number of carbonyl (C=O) groups is 2. The number of hydrogen-bond acceptors (Lipinski definition) is 3. The van der Waals surface area contributed by atoms with Crippen LogP contribution in [0.3, 0.4) is 0 Å². The Morgan fingerprint density at radius 2 is 1.75 bits per heavy atom. The van der Waals surface area contributed by atoms with Gasteiger partial charge in [-0.05, 0) is 38.8 Å². The van der Waals surface area contributed by atoms with Crippen LogP contribution in [0.5, 0.6) is 0 Å². The van der Waals surface area contributed by atoms with Crippen LogP contribution < -0.4 is 5.32 Å². The predicted molar refractivity (Wildman–Crippen MR) is 95.9 cm³/mol. The van der Waals surface area contributed by atoms with Gasteiger partial charge in [0, 0.05) is 32.7 Å². The predicted octanol–water partition coefficient (Wildman–Crippen LogP) is 1.55. The van der Waals surface area contributed by atoms with E-state index in [0.29, 0.717) is 26.2 Å². The Kier molecular flexibility index (Phi) is 5.99. The molecular weight excluding hydrogens is 302 g/mol. The van der Waals surface area contributed by atoms with E-state index in [4.69, 9.17) is 0 Å². The molecule has 1 saturated heterocycles. The van der Waals surface area contributed by atoms with Crippen LogP contribution in [-0.2, 0) is 15.0 Å². The minimum atomic E-state index is -0.535. The maximum Gasteiger partial charge on any atom is 0.234 e. The Balaban J connectivity index is 1.97. The van der Waals surface area contributed by atoms with Crippen LogP contribution in [0, 0.1) is 6.92 Å². The van der Waals surface area contributed by atoms with Crippen molar-refractivity contribution in [1.29, 1.82) is 0 Å². The molecule has 0 spiro atoms. The SMILES string of the molecule is CCNC(=O)CN1CCN(C(=O)C(C)(C)c2ccccc2C)CC1.